The van der Waals surface area contributed by atoms with Crippen LogP contribution in [-0.2, 0) is 6.18 Å². The first-order valence-electron chi connectivity index (χ1n) is 10.1. The van der Waals surface area contributed by atoms with Gasteiger partial charge in [0.2, 0.25) is 0 Å². The largest absolute Gasteiger partial charge is 0.417 e. The number of rotatable bonds is 4. The zero-order valence-corrected chi connectivity index (χ0v) is 16.6. The molecule has 3 heterocycles. The average Bonchev–Trinajstić information content (AvgIpc) is 3.51. The third kappa shape index (κ3) is 3.57. The minimum Gasteiger partial charge on any atom is -0.363 e. The third-order valence-corrected chi connectivity index (χ3v) is 6.00. The van der Waals surface area contributed by atoms with Crippen molar-refractivity contribution in [2.24, 2.45) is 5.92 Å². The Morgan fingerprint density at radius 2 is 1.88 bits per heavy atom. The molecule has 1 aliphatic heterocycles. The first kappa shape index (κ1) is 20.4. The second kappa shape index (κ2) is 7.57. The van der Waals surface area contributed by atoms with Crippen molar-refractivity contribution in [3.05, 3.63) is 65.9 Å². The first-order chi connectivity index (χ1) is 15.3. The molecule has 1 saturated carbocycles. The topological polar surface area (TPSA) is 75.9 Å². The van der Waals surface area contributed by atoms with Crippen molar-refractivity contribution in [1.29, 1.82) is 0 Å². The van der Waals surface area contributed by atoms with Crippen LogP contribution in [0.25, 0.3) is 5.69 Å². The van der Waals surface area contributed by atoms with Crippen LogP contribution in [0.2, 0.25) is 0 Å². The van der Waals surface area contributed by atoms with Crippen molar-refractivity contribution in [1.82, 2.24) is 24.9 Å². The molecule has 166 valence electrons. The molecule has 2 bridgehead atoms. The van der Waals surface area contributed by atoms with Gasteiger partial charge >= 0.3 is 6.18 Å². The molecule has 32 heavy (non-hydrogen) atoms. The van der Waals surface area contributed by atoms with E-state index >= 15 is 0 Å². The van der Waals surface area contributed by atoms with Crippen LogP contribution in [0, 0.1) is 11.7 Å². The molecule has 0 unspecified atom stereocenters. The van der Waals surface area contributed by atoms with Crippen LogP contribution >= 0.6 is 0 Å². The van der Waals surface area contributed by atoms with Gasteiger partial charge in [-0.1, -0.05) is 12.1 Å². The average molecular weight is 446 g/mol. The smallest absolute Gasteiger partial charge is 0.363 e. The van der Waals surface area contributed by atoms with Gasteiger partial charge in [0.15, 0.2) is 11.6 Å². The van der Waals surface area contributed by atoms with Gasteiger partial charge in [0.25, 0.3) is 5.91 Å². The molecule has 7 nitrogen and oxygen atoms in total. The molecule has 2 aliphatic rings. The number of fused-ring (bicyclic) bond motifs is 2. The maximum Gasteiger partial charge on any atom is 0.417 e. The molecule has 1 aromatic carbocycles. The standard InChI is InChI=1S/C21H18F4N6O/c22-15-9-13(21(23,24)25)10-26-19(15)29-16-7-12-8-18(16)30(11-12)20(32)14-3-1-2-4-17(14)31-27-5-6-28-31/h1-6,9-10,12,16,18H,7-8,11H2,(H,26,29)/t12-,16-,18+/m1/s1. The number of nitrogens with zero attached hydrogens (tertiary/aromatic N) is 5. The maximum atomic E-state index is 14.3. The Bertz CT molecular complexity index is 1150. The molecule has 1 N–H and O–H groups in total. The number of benzene rings is 1. The number of amides is 1. The van der Waals surface area contributed by atoms with Crippen molar-refractivity contribution in [3.8, 4) is 5.69 Å². The van der Waals surface area contributed by atoms with Crippen LogP contribution in [-0.4, -0.2) is 49.4 Å². The highest BCUT2D eigenvalue weighted by molar-refractivity contribution is 5.98. The van der Waals surface area contributed by atoms with Crippen molar-refractivity contribution < 1.29 is 22.4 Å². The monoisotopic (exact) mass is 446 g/mol. The third-order valence-electron chi connectivity index (χ3n) is 6.00. The molecule has 11 heteroatoms. The Hall–Kier alpha value is -3.50. The Morgan fingerprint density at radius 1 is 1.12 bits per heavy atom. The summed E-state index contributed by atoms with van der Waals surface area (Å²) in [5.74, 6) is -1.30. The zero-order valence-electron chi connectivity index (χ0n) is 16.6. The second-order valence-electron chi connectivity index (χ2n) is 8.00. The number of likely N-dealkylation sites (tertiary alicyclic amines) is 1. The van der Waals surface area contributed by atoms with Gasteiger partial charge in [0.1, 0.15) is 0 Å². The summed E-state index contributed by atoms with van der Waals surface area (Å²) in [6.07, 6.45) is 0.385. The van der Waals surface area contributed by atoms with Crippen LogP contribution in [0.4, 0.5) is 23.4 Å². The van der Waals surface area contributed by atoms with Gasteiger partial charge in [-0.15, -0.1) is 0 Å². The van der Waals surface area contributed by atoms with E-state index in [0.717, 1.165) is 6.42 Å². The van der Waals surface area contributed by atoms with Gasteiger partial charge < -0.3 is 10.2 Å². The number of aromatic nitrogens is 4. The molecule has 1 aliphatic carbocycles. The van der Waals surface area contributed by atoms with E-state index in [1.165, 1.54) is 17.2 Å². The maximum absolute atomic E-state index is 14.3. The molecule has 2 aromatic heterocycles. The van der Waals surface area contributed by atoms with E-state index in [-0.39, 0.29) is 29.7 Å². The number of pyridine rings is 1. The Labute approximate surface area is 180 Å². The highest BCUT2D eigenvalue weighted by Gasteiger charge is 2.47. The van der Waals surface area contributed by atoms with Gasteiger partial charge in [-0.2, -0.15) is 28.2 Å². The highest BCUT2D eigenvalue weighted by Crippen LogP contribution is 2.40. The number of para-hydroxylation sites is 1. The van der Waals surface area contributed by atoms with Crippen LogP contribution < -0.4 is 5.32 Å². The molecule has 2 fully saturated rings. The van der Waals surface area contributed by atoms with Crippen molar-refractivity contribution in [2.75, 3.05) is 11.9 Å². The van der Waals surface area contributed by atoms with E-state index in [4.69, 9.17) is 0 Å². The Kier molecular flexibility index (Phi) is 4.83. The van der Waals surface area contributed by atoms with Crippen LogP contribution in [0.1, 0.15) is 28.8 Å². The van der Waals surface area contributed by atoms with Crippen LogP contribution in [0.5, 0.6) is 0 Å². The lowest BCUT2D eigenvalue weighted by atomic mass is 10.0. The number of halogens is 4. The lowest BCUT2D eigenvalue weighted by molar-refractivity contribution is -0.138. The quantitative estimate of drug-likeness (QED) is 0.621. The van der Waals surface area contributed by atoms with E-state index in [0.29, 0.717) is 36.5 Å². The Morgan fingerprint density at radius 3 is 2.56 bits per heavy atom. The lowest BCUT2D eigenvalue weighted by Crippen LogP contribution is -2.48. The number of hydrogen-bond donors (Lipinski definition) is 1. The predicted molar refractivity (Wildman–Crippen MR) is 106 cm³/mol. The van der Waals surface area contributed by atoms with Crippen molar-refractivity contribution >= 4 is 11.7 Å². The SMILES string of the molecule is O=C(c1ccccc1-n1nccn1)N1C[C@@H]2C[C@@H](Nc3ncc(C(F)(F)F)cc3F)[C@@H]1C2. The summed E-state index contributed by atoms with van der Waals surface area (Å²) >= 11 is 0. The zero-order chi connectivity index (χ0) is 22.5. The molecule has 0 spiro atoms. The fraction of sp³-hybridized carbons (Fsp3) is 0.333. The summed E-state index contributed by atoms with van der Waals surface area (Å²) in [5, 5.41) is 11.1. The van der Waals surface area contributed by atoms with Gasteiger partial charge in [-0.3, -0.25) is 4.79 Å². The van der Waals surface area contributed by atoms with E-state index < -0.39 is 17.6 Å². The number of carbonyl (C=O) groups excluding carboxylic acids is 1. The van der Waals surface area contributed by atoms with Crippen molar-refractivity contribution in [2.45, 2.75) is 31.1 Å². The number of alkyl halides is 3. The number of hydrogen-bond acceptors (Lipinski definition) is 5. The lowest BCUT2D eigenvalue weighted by Gasteiger charge is -2.34. The summed E-state index contributed by atoms with van der Waals surface area (Å²) < 4.78 is 52.6. The van der Waals surface area contributed by atoms with Gasteiger partial charge in [-0.25, -0.2) is 9.37 Å². The molecule has 5 rings (SSSR count). The molecule has 3 atom stereocenters. The van der Waals surface area contributed by atoms with Crippen LogP contribution in [0.15, 0.2) is 48.9 Å². The molecule has 3 aromatic rings. The first-order valence-corrected chi connectivity index (χ1v) is 10.1. The fourth-order valence-corrected chi connectivity index (χ4v) is 4.61. The summed E-state index contributed by atoms with van der Waals surface area (Å²) in [7, 11) is 0. The minimum absolute atomic E-state index is 0.197. The van der Waals surface area contributed by atoms with Gasteiger partial charge in [0, 0.05) is 18.8 Å². The van der Waals surface area contributed by atoms with Gasteiger partial charge in [0.05, 0.1) is 35.2 Å². The second-order valence-corrected chi connectivity index (χ2v) is 8.00. The number of carbonyl (C=O) groups is 1. The number of anilines is 1. The normalized spacial score (nSPS) is 22.4. The molecular weight excluding hydrogens is 428 g/mol. The summed E-state index contributed by atoms with van der Waals surface area (Å²) in [4.78, 5) is 20.1. The number of piperidine rings is 1. The summed E-state index contributed by atoms with van der Waals surface area (Å²) in [6.45, 7) is 0.561. The molecule has 1 amide bonds. The molecule has 0 radical (unpaired) electrons. The minimum atomic E-state index is -4.67. The van der Waals surface area contributed by atoms with E-state index in [2.05, 4.69) is 20.5 Å². The van der Waals surface area contributed by atoms with E-state index in [1.807, 2.05) is 0 Å². The summed E-state index contributed by atoms with van der Waals surface area (Å²) in [5.41, 5.74) is -0.159. The fourth-order valence-electron chi connectivity index (χ4n) is 4.61. The summed E-state index contributed by atoms with van der Waals surface area (Å²) in [6, 6.07) is 6.88. The van der Waals surface area contributed by atoms with Crippen molar-refractivity contribution in [3.63, 3.8) is 0 Å². The van der Waals surface area contributed by atoms with Gasteiger partial charge in [-0.05, 0) is 37.0 Å². The molecular formula is C21H18F4N6O. The van der Waals surface area contributed by atoms with Crippen LogP contribution in [0.3, 0.4) is 0 Å². The predicted octanol–water partition coefficient (Wildman–Crippen LogP) is 3.54. The number of nitrogens with one attached hydrogen (secondary N) is 1. The molecule has 1 saturated heterocycles. The van der Waals surface area contributed by atoms with E-state index in [9.17, 15) is 22.4 Å². The highest BCUT2D eigenvalue weighted by atomic mass is 19.4. The van der Waals surface area contributed by atoms with E-state index in [1.54, 1.807) is 29.2 Å². The Balaban J connectivity index is 1.37.